The highest BCUT2D eigenvalue weighted by Crippen LogP contribution is 2.65. The van der Waals surface area contributed by atoms with E-state index in [9.17, 15) is 19.5 Å². The minimum atomic E-state index is -1.09. The number of amides is 3. The first-order valence-corrected chi connectivity index (χ1v) is 13.3. The highest BCUT2D eigenvalue weighted by molar-refractivity contribution is 5.99. The third-order valence-electron chi connectivity index (χ3n) is 8.41. The summed E-state index contributed by atoms with van der Waals surface area (Å²) in [5, 5.41) is 9.56. The lowest BCUT2D eigenvalue weighted by Crippen LogP contribution is -2.60. The molecule has 36 heavy (non-hydrogen) atoms. The van der Waals surface area contributed by atoms with Crippen LogP contribution in [0.3, 0.4) is 0 Å². The molecule has 0 saturated carbocycles. The summed E-state index contributed by atoms with van der Waals surface area (Å²) < 4.78 is 6.81. The van der Waals surface area contributed by atoms with Gasteiger partial charge in [0.05, 0.1) is 17.4 Å². The van der Waals surface area contributed by atoms with Crippen LogP contribution in [0.4, 0.5) is 0 Å². The molecule has 8 nitrogen and oxygen atoms in total. The molecule has 0 aromatic heterocycles. The van der Waals surface area contributed by atoms with Crippen LogP contribution in [-0.2, 0) is 19.1 Å². The van der Waals surface area contributed by atoms with E-state index < -0.39 is 34.6 Å². The first-order chi connectivity index (χ1) is 16.8. The van der Waals surface area contributed by atoms with E-state index in [0.29, 0.717) is 32.5 Å². The molecule has 3 saturated heterocycles. The fourth-order valence-corrected chi connectivity index (χ4v) is 6.76. The summed E-state index contributed by atoms with van der Waals surface area (Å²) in [5.41, 5.74) is -2.44. The Balaban J connectivity index is 2.14. The monoisotopic (exact) mass is 503 g/mol. The molecule has 1 spiro atoms. The number of ether oxygens (including phenoxy) is 1. The molecule has 3 unspecified atom stereocenters. The number of hydrogen-bond acceptors (Lipinski definition) is 5. The SMILES string of the molecule is C=CCN(CCC)C(=O)[C@H]1[C@H]2C(=O)N(CCCO)C(C(=O)N(CC=C)C(C)(C)C)C23CC(C)[C@]1(C)O3. The van der Waals surface area contributed by atoms with Crippen molar-refractivity contribution in [3.63, 3.8) is 0 Å². The second kappa shape index (κ2) is 10.3. The lowest BCUT2D eigenvalue weighted by atomic mass is 9.62. The molecular weight excluding hydrogens is 458 g/mol. The Bertz CT molecular complexity index is 898. The van der Waals surface area contributed by atoms with Gasteiger partial charge in [-0.15, -0.1) is 13.2 Å². The Morgan fingerprint density at radius 2 is 1.86 bits per heavy atom. The van der Waals surface area contributed by atoms with Crippen LogP contribution in [0.25, 0.3) is 0 Å². The number of likely N-dealkylation sites (tertiary alicyclic amines) is 1. The van der Waals surface area contributed by atoms with Crippen LogP contribution >= 0.6 is 0 Å². The number of carbonyl (C=O) groups excluding carboxylic acids is 3. The Morgan fingerprint density at radius 1 is 1.22 bits per heavy atom. The van der Waals surface area contributed by atoms with Gasteiger partial charge in [-0.1, -0.05) is 26.0 Å². The fourth-order valence-electron chi connectivity index (χ4n) is 6.76. The summed E-state index contributed by atoms with van der Waals surface area (Å²) in [6.07, 6.45) is 5.05. The number of aliphatic hydroxyl groups excluding tert-OH is 1. The summed E-state index contributed by atoms with van der Waals surface area (Å²) in [6, 6.07) is -0.859. The molecule has 202 valence electrons. The van der Waals surface area contributed by atoms with E-state index in [4.69, 9.17) is 4.74 Å². The smallest absolute Gasteiger partial charge is 0.249 e. The molecule has 3 aliphatic rings. The molecule has 2 bridgehead atoms. The number of carbonyl (C=O) groups is 3. The quantitative estimate of drug-likeness (QED) is 0.438. The van der Waals surface area contributed by atoms with E-state index in [0.717, 1.165) is 6.42 Å². The van der Waals surface area contributed by atoms with E-state index in [2.05, 4.69) is 20.1 Å². The van der Waals surface area contributed by atoms with Crippen molar-refractivity contribution in [2.75, 3.05) is 32.8 Å². The van der Waals surface area contributed by atoms with Crippen LogP contribution in [-0.4, -0.2) is 93.1 Å². The van der Waals surface area contributed by atoms with Gasteiger partial charge >= 0.3 is 0 Å². The standard InChI is InChI=1S/C28H45N3O5/c1-9-13-29(14-10-2)23(33)20-21-24(34)30(16-12-17-32)22(25(35)31(15-11-3)26(5,6)7)28(21)18-19(4)27(20,8)36-28/h9,11,19-22,32H,1,3,10,12-18H2,2,4-8H3/t19?,20-,21+,22?,27+,28?/m1/s1. The number of hydrogen-bond donors (Lipinski definition) is 1. The van der Waals surface area contributed by atoms with E-state index in [-0.39, 0.29) is 36.8 Å². The second-order valence-electron chi connectivity index (χ2n) is 11.8. The minimum absolute atomic E-state index is 0.0155. The molecule has 3 rings (SSSR count). The topological polar surface area (TPSA) is 90.4 Å². The van der Waals surface area contributed by atoms with Crippen molar-refractivity contribution in [2.24, 2.45) is 17.8 Å². The average Bonchev–Trinajstić information content (AvgIpc) is 3.31. The molecular formula is C28H45N3O5. The van der Waals surface area contributed by atoms with Crippen LogP contribution in [0.1, 0.15) is 60.8 Å². The number of nitrogens with zero attached hydrogens (tertiary/aromatic N) is 3. The van der Waals surface area contributed by atoms with Gasteiger partial charge in [-0.05, 0) is 52.9 Å². The first-order valence-electron chi connectivity index (χ1n) is 13.3. The summed E-state index contributed by atoms with van der Waals surface area (Å²) in [5.74, 6) is -1.97. The van der Waals surface area contributed by atoms with Gasteiger partial charge in [0.2, 0.25) is 17.7 Å². The van der Waals surface area contributed by atoms with Crippen molar-refractivity contribution >= 4 is 17.7 Å². The van der Waals surface area contributed by atoms with E-state index in [1.807, 2.05) is 34.6 Å². The maximum atomic E-state index is 14.3. The van der Waals surface area contributed by atoms with Crippen molar-refractivity contribution < 1.29 is 24.2 Å². The molecule has 1 N–H and O–H groups in total. The van der Waals surface area contributed by atoms with Crippen molar-refractivity contribution in [2.45, 2.75) is 83.6 Å². The fraction of sp³-hybridized carbons (Fsp3) is 0.750. The molecule has 0 radical (unpaired) electrons. The first kappa shape index (κ1) is 28.4. The zero-order valence-electron chi connectivity index (χ0n) is 23.0. The largest absolute Gasteiger partial charge is 0.396 e. The van der Waals surface area contributed by atoms with Gasteiger partial charge in [0.25, 0.3) is 0 Å². The number of rotatable bonds is 11. The average molecular weight is 504 g/mol. The lowest BCUT2D eigenvalue weighted by Gasteiger charge is -2.42. The Kier molecular flexibility index (Phi) is 8.11. The lowest BCUT2D eigenvalue weighted by molar-refractivity contribution is -0.157. The van der Waals surface area contributed by atoms with Crippen molar-refractivity contribution in [1.29, 1.82) is 0 Å². The molecule has 3 heterocycles. The van der Waals surface area contributed by atoms with Gasteiger partial charge < -0.3 is 24.5 Å². The van der Waals surface area contributed by atoms with E-state index in [1.165, 1.54) is 0 Å². The number of fused-ring (bicyclic) bond motifs is 1. The molecule has 0 aromatic carbocycles. The Hall–Kier alpha value is -2.19. The predicted octanol–water partition coefficient (Wildman–Crippen LogP) is 2.62. The van der Waals surface area contributed by atoms with E-state index >= 15 is 0 Å². The predicted molar refractivity (Wildman–Crippen MR) is 139 cm³/mol. The third kappa shape index (κ3) is 4.30. The van der Waals surface area contributed by atoms with Crippen LogP contribution in [0.5, 0.6) is 0 Å². The maximum Gasteiger partial charge on any atom is 0.249 e. The van der Waals surface area contributed by atoms with Crippen LogP contribution in [0.2, 0.25) is 0 Å². The molecule has 0 aromatic rings. The Morgan fingerprint density at radius 3 is 2.39 bits per heavy atom. The molecule has 3 fully saturated rings. The minimum Gasteiger partial charge on any atom is -0.396 e. The number of aliphatic hydroxyl groups is 1. The molecule has 6 atom stereocenters. The van der Waals surface area contributed by atoms with Crippen LogP contribution in [0.15, 0.2) is 25.3 Å². The summed E-state index contributed by atoms with van der Waals surface area (Å²) >= 11 is 0. The second-order valence-corrected chi connectivity index (χ2v) is 11.8. The van der Waals surface area contributed by atoms with Crippen molar-refractivity contribution in [1.82, 2.24) is 14.7 Å². The molecule has 0 aliphatic carbocycles. The van der Waals surface area contributed by atoms with Crippen molar-refractivity contribution in [3.05, 3.63) is 25.3 Å². The van der Waals surface area contributed by atoms with Crippen molar-refractivity contribution in [3.8, 4) is 0 Å². The molecule has 3 amide bonds. The highest BCUT2D eigenvalue weighted by Gasteiger charge is 2.80. The third-order valence-corrected chi connectivity index (χ3v) is 8.41. The maximum absolute atomic E-state index is 14.3. The zero-order chi connectivity index (χ0) is 27.1. The van der Waals surface area contributed by atoms with Gasteiger partial charge in [-0.3, -0.25) is 14.4 Å². The summed E-state index contributed by atoms with van der Waals surface area (Å²) in [6.45, 7) is 20.9. The van der Waals surface area contributed by atoms with Crippen LogP contribution < -0.4 is 0 Å². The highest BCUT2D eigenvalue weighted by atomic mass is 16.5. The van der Waals surface area contributed by atoms with Gasteiger partial charge in [0.1, 0.15) is 11.6 Å². The van der Waals surface area contributed by atoms with Gasteiger partial charge in [0.15, 0.2) is 0 Å². The summed E-state index contributed by atoms with van der Waals surface area (Å²) in [4.78, 5) is 47.5. The van der Waals surface area contributed by atoms with Gasteiger partial charge in [-0.25, -0.2) is 0 Å². The van der Waals surface area contributed by atoms with E-state index in [1.54, 1.807) is 26.9 Å². The molecule has 8 heteroatoms. The van der Waals surface area contributed by atoms with Gasteiger partial charge in [0, 0.05) is 38.3 Å². The normalized spacial score (nSPS) is 33.0. The zero-order valence-corrected chi connectivity index (χ0v) is 23.0. The Labute approximate surface area is 216 Å². The summed E-state index contributed by atoms with van der Waals surface area (Å²) in [7, 11) is 0. The van der Waals surface area contributed by atoms with Gasteiger partial charge in [-0.2, -0.15) is 0 Å². The molecule has 3 aliphatic heterocycles. The van der Waals surface area contributed by atoms with Crippen LogP contribution in [0, 0.1) is 17.8 Å².